The minimum atomic E-state index is -3.49. The van der Waals surface area contributed by atoms with Gasteiger partial charge in [-0.05, 0) is 75.0 Å². The average Bonchev–Trinajstić information content (AvgIpc) is 2.71. The van der Waals surface area contributed by atoms with Crippen LogP contribution in [0.3, 0.4) is 0 Å². The van der Waals surface area contributed by atoms with Gasteiger partial charge in [-0.1, -0.05) is 24.3 Å². The van der Waals surface area contributed by atoms with Crippen molar-refractivity contribution >= 4 is 15.7 Å². The number of hydrogen-bond acceptors (Lipinski definition) is 4. The maximum Gasteiger partial charge on any atom is 0.241 e. The number of sulfonamides is 1. The quantitative estimate of drug-likeness (QED) is 0.704. The van der Waals surface area contributed by atoms with E-state index in [1.165, 1.54) is 5.69 Å². The summed E-state index contributed by atoms with van der Waals surface area (Å²) in [6.45, 7) is 13.1. The number of nitrogens with zero attached hydrogens (tertiary/aromatic N) is 2. The molecule has 1 N–H and O–H groups in total. The Morgan fingerprint density at radius 2 is 1.48 bits per heavy atom. The van der Waals surface area contributed by atoms with Crippen LogP contribution in [0.1, 0.15) is 28.7 Å². The fraction of sp³-hybridized carbons (Fsp3) is 0.478. The second kappa shape index (κ2) is 9.28. The Balaban J connectivity index is 1.49. The molecule has 29 heavy (non-hydrogen) atoms. The molecule has 0 radical (unpaired) electrons. The van der Waals surface area contributed by atoms with Crippen molar-refractivity contribution in [3.05, 3.63) is 58.7 Å². The maximum atomic E-state index is 12.9. The van der Waals surface area contributed by atoms with E-state index in [4.69, 9.17) is 0 Å². The predicted octanol–water partition coefficient (Wildman–Crippen LogP) is 3.41. The molecule has 6 heteroatoms. The molecular weight excluding hydrogens is 382 g/mol. The molecule has 1 fully saturated rings. The summed E-state index contributed by atoms with van der Waals surface area (Å²) in [6, 6.07) is 12.6. The molecule has 5 nitrogen and oxygen atoms in total. The summed E-state index contributed by atoms with van der Waals surface area (Å²) >= 11 is 0. The zero-order valence-corrected chi connectivity index (χ0v) is 18.8. The van der Waals surface area contributed by atoms with Gasteiger partial charge in [-0.3, -0.25) is 4.90 Å². The van der Waals surface area contributed by atoms with Gasteiger partial charge in [0.25, 0.3) is 0 Å². The third-order valence-electron chi connectivity index (χ3n) is 6.00. The lowest BCUT2D eigenvalue weighted by Crippen LogP contribution is -2.47. The molecule has 0 bridgehead atoms. The van der Waals surface area contributed by atoms with Gasteiger partial charge in [-0.15, -0.1) is 0 Å². The van der Waals surface area contributed by atoms with Gasteiger partial charge in [0, 0.05) is 38.4 Å². The van der Waals surface area contributed by atoms with Crippen molar-refractivity contribution in [2.75, 3.05) is 44.2 Å². The van der Waals surface area contributed by atoms with Gasteiger partial charge in [-0.25, -0.2) is 13.1 Å². The molecule has 1 saturated heterocycles. The fourth-order valence-corrected chi connectivity index (χ4v) is 5.72. The molecular formula is C23H33N3O2S. The summed E-state index contributed by atoms with van der Waals surface area (Å²) in [6.07, 6.45) is 0.813. The predicted molar refractivity (Wildman–Crippen MR) is 120 cm³/mol. The largest absolute Gasteiger partial charge is 0.369 e. The van der Waals surface area contributed by atoms with Crippen molar-refractivity contribution in [2.45, 2.75) is 39.0 Å². The van der Waals surface area contributed by atoms with Crippen LogP contribution < -0.4 is 9.62 Å². The molecule has 158 valence electrons. The van der Waals surface area contributed by atoms with Crippen LogP contribution in [0.2, 0.25) is 0 Å². The van der Waals surface area contributed by atoms with E-state index in [0.29, 0.717) is 11.4 Å². The smallest absolute Gasteiger partial charge is 0.241 e. The number of rotatable bonds is 7. The molecule has 0 spiro atoms. The first-order valence-corrected chi connectivity index (χ1v) is 11.9. The van der Waals surface area contributed by atoms with E-state index < -0.39 is 10.0 Å². The second-order valence-electron chi connectivity index (χ2n) is 8.01. The van der Waals surface area contributed by atoms with E-state index in [-0.39, 0.29) is 0 Å². The van der Waals surface area contributed by atoms with Crippen LogP contribution in [0.25, 0.3) is 0 Å². The van der Waals surface area contributed by atoms with Gasteiger partial charge < -0.3 is 4.90 Å². The highest BCUT2D eigenvalue weighted by Crippen LogP contribution is 2.25. The van der Waals surface area contributed by atoms with Gasteiger partial charge in [0.05, 0.1) is 4.90 Å². The maximum absolute atomic E-state index is 12.9. The van der Waals surface area contributed by atoms with Crippen LogP contribution >= 0.6 is 0 Å². The molecule has 1 aliphatic heterocycles. The highest BCUT2D eigenvalue weighted by molar-refractivity contribution is 7.89. The monoisotopic (exact) mass is 415 g/mol. The highest BCUT2D eigenvalue weighted by Gasteiger charge is 2.22. The number of piperazine rings is 1. The molecule has 1 heterocycles. The number of para-hydroxylation sites is 1. The molecule has 0 aliphatic carbocycles. The lowest BCUT2D eigenvalue weighted by atomic mass is 10.0. The molecule has 1 aliphatic rings. The fourth-order valence-electron chi connectivity index (χ4n) is 4.03. The molecule has 2 aromatic rings. The van der Waals surface area contributed by atoms with Gasteiger partial charge in [0.15, 0.2) is 0 Å². The SMILES string of the molecule is Cc1cc(C)c(C)c(S(=O)(=O)NCCCN2CCN(c3ccccc3)CC2)c1C. The van der Waals surface area contributed by atoms with Crippen LogP contribution in [0.15, 0.2) is 41.3 Å². The average molecular weight is 416 g/mol. The number of anilines is 1. The minimum Gasteiger partial charge on any atom is -0.369 e. The summed E-state index contributed by atoms with van der Waals surface area (Å²) in [5, 5.41) is 0. The lowest BCUT2D eigenvalue weighted by molar-refractivity contribution is 0.255. The van der Waals surface area contributed by atoms with E-state index in [9.17, 15) is 8.42 Å². The first-order chi connectivity index (χ1) is 13.8. The Bertz CT molecular complexity index is 908. The van der Waals surface area contributed by atoms with Crippen molar-refractivity contribution in [3.8, 4) is 0 Å². The van der Waals surface area contributed by atoms with E-state index >= 15 is 0 Å². The Morgan fingerprint density at radius 3 is 2.07 bits per heavy atom. The van der Waals surface area contributed by atoms with Crippen LogP contribution in [-0.4, -0.2) is 52.6 Å². The van der Waals surface area contributed by atoms with Crippen molar-refractivity contribution in [1.82, 2.24) is 9.62 Å². The molecule has 0 unspecified atom stereocenters. The third-order valence-corrected chi connectivity index (χ3v) is 7.74. The molecule has 2 aromatic carbocycles. The van der Waals surface area contributed by atoms with Crippen LogP contribution in [0, 0.1) is 27.7 Å². The van der Waals surface area contributed by atoms with Crippen molar-refractivity contribution in [2.24, 2.45) is 0 Å². The molecule has 0 saturated carbocycles. The Hall–Kier alpha value is -1.89. The molecule has 0 amide bonds. The van der Waals surface area contributed by atoms with Crippen LogP contribution in [-0.2, 0) is 10.0 Å². The van der Waals surface area contributed by atoms with E-state index in [1.807, 2.05) is 33.8 Å². The van der Waals surface area contributed by atoms with Crippen LogP contribution in [0.5, 0.6) is 0 Å². The van der Waals surface area contributed by atoms with E-state index in [2.05, 4.69) is 44.9 Å². The van der Waals surface area contributed by atoms with E-state index in [1.54, 1.807) is 0 Å². The summed E-state index contributed by atoms with van der Waals surface area (Å²) in [5.41, 5.74) is 5.00. The Kier molecular flexibility index (Phi) is 6.98. The van der Waals surface area contributed by atoms with Crippen molar-refractivity contribution in [3.63, 3.8) is 0 Å². The number of hydrogen-bond donors (Lipinski definition) is 1. The Labute approximate surface area is 175 Å². The second-order valence-corrected chi connectivity index (χ2v) is 9.71. The number of benzene rings is 2. The standard InChI is InChI=1S/C23H33N3O2S/c1-18-17-19(2)21(4)23(20(18)3)29(27,28)24-11-8-12-25-13-15-26(16-14-25)22-9-6-5-7-10-22/h5-7,9-10,17,24H,8,11-16H2,1-4H3. The van der Waals surface area contributed by atoms with Gasteiger partial charge in [0.1, 0.15) is 0 Å². The zero-order chi connectivity index (χ0) is 21.0. The van der Waals surface area contributed by atoms with Crippen molar-refractivity contribution < 1.29 is 8.42 Å². The number of aryl methyl sites for hydroxylation is 2. The van der Waals surface area contributed by atoms with Crippen molar-refractivity contribution in [1.29, 1.82) is 0 Å². The Morgan fingerprint density at radius 1 is 0.897 bits per heavy atom. The molecule has 0 aromatic heterocycles. The third kappa shape index (κ3) is 5.18. The highest BCUT2D eigenvalue weighted by atomic mass is 32.2. The molecule has 0 atom stereocenters. The van der Waals surface area contributed by atoms with Gasteiger partial charge in [-0.2, -0.15) is 0 Å². The first kappa shape index (κ1) is 21.8. The number of nitrogens with one attached hydrogen (secondary N) is 1. The normalized spacial score (nSPS) is 15.7. The minimum absolute atomic E-state index is 0.450. The van der Waals surface area contributed by atoms with Crippen LogP contribution in [0.4, 0.5) is 5.69 Å². The summed E-state index contributed by atoms with van der Waals surface area (Å²) in [5.74, 6) is 0. The van der Waals surface area contributed by atoms with E-state index in [0.717, 1.165) is 61.4 Å². The first-order valence-electron chi connectivity index (χ1n) is 10.4. The molecule has 3 rings (SSSR count). The van der Waals surface area contributed by atoms with Gasteiger partial charge >= 0.3 is 0 Å². The van der Waals surface area contributed by atoms with Gasteiger partial charge in [0.2, 0.25) is 10.0 Å². The summed E-state index contributed by atoms with van der Waals surface area (Å²) < 4.78 is 28.6. The summed E-state index contributed by atoms with van der Waals surface area (Å²) in [7, 11) is -3.49. The summed E-state index contributed by atoms with van der Waals surface area (Å²) in [4.78, 5) is 5.28. The topological polar surface area (TPSA) is 52.7 Å². The lowest BCUT2D eigenvalue weighted by Gasteiger charge is -2.36. The zero-order valence-electron chi connectivity index (χ0n) is 18.0.